The van der Waals surface area contributed by atoms with E-state index >= 15 is 0 Å². The molecule has 2 fully saturated rings. The van der Waals surface area contributed by atoms with E-state index in [-0.39, 0.29) is 18.6 Å². The van der Waals surface area contributed by atoms with Crippen LogP contribution in [0, 0.1) is 0 Å². The largest absolute Gasteiger partial charge is 0.480 e. The highest BCUT2D eigenvalue weighted by molar-refractivity contribution is 6.39. The number of likely N-dealkylation sites (tertiary alicyclic amines) is 1. The number of β-amino-alcohol motifs (C(OH)–C–C–N with tert-alkyl or cyclic N) is 1. The average molecular weight is 681 g/mol. The van der Waals surface area contributed by atoms with Gasteiger partial charge in [-0.25, -0.2) is 9.97 Å². The first-order valence-electron chi connectivity index (χ1n) is 15.2. The number of nitrogens with zero attached hydrogens (tertiary/aromatic N) is 5. The molecule has 12 nitrogen and oxygen atoms in total. The van der Waals surface area contributed by atoms with E-state index in [9.17, 15) is 15.0 Å². The Morgan fingerprint density at radius 3 is 2.02 bits per heavy atom. The Morgan fingerprint density at radius 1 is 0.936 bits per heavy atom. The molecule has 2 saturated heterocycles. The lowest BCUT2D eigenvalue weighted by atomic mass is 9.95. The number of aliphatic hydroxyl groups excluding tert-OH is 1. The third kappa shape index (κ3) is 7.03. The molecule has 246 valence electrons. The van der Waals surface area contributed by atoms with Gasteiger partial charge in [0.25, 0.3) is 0 Å². The zero-order valence-electron chi connectivity index (χ0n) is 26.0. The third-order valence-electron chi connectivity index (χ3n) is 8.32. The van der Waals surface area contributed by atoms with Gasteiger partial charge in [0.05, 0.1) is 54.7 Å². The molecule has 0 saturated carbocycles. The Labute approximate surface area is 282 Å². The van der Waals surface area contributed by atoms with Crippen LogP contribution in [0.25, 0.3) is 33.6 Å². The molecule has 47 heavy (non-hydrogen) atoms. The summed E-state index contributed by atoms with van der Waals surface area (Å²) in [6.45, 7) is 1.86. The Hall–Kier alpha value is -3.91. The van der Waals surface area contributed by atoms with Gasteiger partial charge in [-0.15, -0.1) is 0 Å². The molecule has 1 amide bonds. The maximum atomic E-state index is 11.5. The van der Waals surface area contributed by atoms with E-state index in [0.717, 1.165) is 6.42 Å². The van der Waals surface area contributed by atoms with Crippen molar-refractivity contribution in [2.75, 3.05) is 40.5 Å². The van der Waals surface area contributed by atoms with Crippen LogP contribution in [0.2, 0.25) is 10.0 Å². The van der Waals surface area contributed by atoms with Crippen molar-refractivity contribution in [3.05, 3.63) is 70.2 Å². The monoisotopic (exact) mass is 679 g/mol. The predicted octanol–water partition coefficient (Wildman–Crippen LogP) is 3.50. The van der Waals surface area contributed by atoms with E-state index in [2.05, 4.69) is 20.6 Å². The standard InChI is InChI=1S/C33H35Cl2N7O5/c1-46-31-26(12-36-11-19-9-10-28(44)39-19)37-13-24(40-31)22-7-3-5-20(29(22)34)21-6-4-8-23(30(21)35)25-14-38-27(32(41-25)47-2)15-42-16-33(45,17-42)18-43/h3-8,13-14,19,36,43,45H,9-12,15-18H2,1-2H3,(H,39,44)/t19-/m0/s1. The van der Waals surface area contributed by atoms with Crippen LogP contribution in [0.1, 0.15) is 24.2 Å². The van der Waals surface area contributed by atoms with Crippen molar-refractivity contribution in [1.29, 1.82) is 0 Å². The van der Waals surface area contributed by atoms with Crippen LogP contribution in [0.3, 0.4) is 0 Å². The first kappa shape index (κ1) is 33.0. The van der Waals surface area contributed by atoms with Crippen LogP contribution in [-0.2, 0) is 17.9 Å². The molecule has 4 N–H and O–H groups in total. The summed E-state index contributed by atoms with van der Waals surface area (Å²) in [6.07, 6.45) is 4.66. The molecule has 0 bridgehead atoms. The van der Waals surface area contributed by atoms with Gasteiger partial charge in [0.1, 0.15) is 17.0 Å². The molecule has 2 aromatic heterocycles. The Kier molecular flexibility index (Phi) is 9.88. The van der Waals surface area contributed by atoms with E-state index in [1.54, 1.807) is 19.5 Å². The van der Waals surface area contributed by atoms with Crippen molar-refractivity contribution in [3.63, 3.8) is 0 Å². The minimum atomic E-state index is -1.08. The first-order chi connectivity index (χ1) is 22.7. The smallest absolute Gasteiger partial charge is 0.237 e. The summed E-state index contributed by atoms with van der Waals surface area (Å²) < 4.78 is 11.1. The van der Waals surface area contributed by atoms with E-state index in [1.807, 2.05) is 41.3 Å². The fourth-order valence-corrected chi connectivity index (χ4v) is 6.54. The number of hydrogen-bond donors (Lipinski definition) is 4. The number of carbonyl (C=O) groups excluding carboxylic acids is 1. The fourth-order valence-electron chi connectivity index (χ4n) is 5.89. The number of methoxy groups -OCH3 is 2. The SMILES string of the molecule is COc1nc(-c2cccc(-c3cccc(-c4cnc(CN5CC(O)(CO)C5)c(OC)n4)c3Cl)c2Cl)cnc1CNC[C@@H]1CCC(=O)N1. The second kappa shape index (κ2) is 14.1. The quantitative estimate of drug-likeness (QED) is 0.174. The van der Waals surface area contributed by atoms with Crippen molar-refractivity contribution in [3.8, 4) is 45.4 Å². The van der Waals surface area contributed by atoms with Crippen LogP contribution in [0.5, 0.6) is 11.8 Å². The summed E-state index contributed by atoms with van der Waals surface area (Å²) in [4.78, 5) is 32.0. The molecule has 1 atom stereocenters. The number of amides is 1. The van der Waals surface area contributed by atoms with Crippen LogP contribution in [0.4, 0.5) is 0 Å². The fraction of sp³-hybridized carbons (Fsp3) is 0.364. The maximum absolute atomic E-state index is 11.5. The van der Waals surface area contributed by atoms with Crippen molar-refractivity contribution in [2.45, 2.75) is 37.6 Å². The van der Waals surface area contributed by atoms with Gasteiger partial charge in [-0.1, -0.05) is 59.6 Å². The van der Waals surface area contributed by atoms with Gasteiger partial charge in [-0.3, -0.25) is 19.7 Å². The summed E-state index contributed by atoms with van der Waals surface area (Å²) in [7, 11) is 3.07. The third-order valence-corrected chi connectivity index (χ3v) is 9.14. The average Bonchev–Trinajstić information content (AvgIpc) is 3.49. The summed E-state index contributed by atoms with van der Waals surface area (Å²) >= 11 is 14.0. The van der Waals surface area contributed by atoms with Gasteiger partial charge >= 0.3 is 0 Å². The van der Waals surface area contributed by atoms with Crippen LogP contribution >= 0.6 is 23.2 Å². The summed E-state index contributed by atoms with van der Waals surface area (Å²) in [5.41, 5.74) is 3.95. The summed E-state index contributed by atoms with van der Waals surface area (Å²) in [5.74, 6) is 0.800. The number of hydrogen-bond acceptors (Lipinski definition) is 11. The Bertz CT molecular complexity index is 1790. The molecule has 0 aliphatic carbocycles. The molecule has 4 aromatic rings. The van der Waals surface area contributed by atoms with Crippen molar-refractivity contribution in [2.24, 2.45) is 0 Å². The molecule has 0 unspecified atom stereocenters. The molecule has 2 aliphatic heterocycles. The van der Waals surface area contributed by atoms with E-state index in [1.165, 1.54) is 7.11 Å². The summed E-state index contributed by atoms with van der Waals surface area (Å²) in [6, 6.07) is 11.3. The summed E-state index contributed by atoms with van der Waals surface area (Å²) in [5, 5.41) is 26.6. The molecule has 0 spiro atoms. The van der Waals surface area contributed by atoms with Gasteiger partial charge < -0.3 is 30.3 Å². The minimum Gasteiger partial charge on any atom is -0.480 e. The number of nitrogens with one attached hydrogen (secondary N) is 2. The number of aromatic nitrogens is 4. The van der Waals surface area contributed by atoms with Crippen LogP contribution in [0.15, 0.2) is 48.8 Å². The van der Waals surface area contributed by atoms with Crippen LogP contribution in [-0.4, -0.2) is 93.1 Å². The second-order valence-corrected chi connectivity index (χ2v) is 12.5. The van der Waals surface area contributed by atoms with Crippen molar-refractivity contribution >= 4 is 29.1 Å². The molecule has 6 rings (SSSR count). The normalized spacial score (nSPS) is 17.3. The van der Waals surface area contributed by atoms with E-state index in [0.29, 0.717) is 106 Å². The number of ether oxygens (including phenoxy) is 2. The zero-order valence-corrected chi connectivity index (χ0v) is 27.5. The molecule has 0 radical (unpaired) electrons. The van der Waals surface area contributed by atoms with Gasteiger partial charge in [0.2, 0.25) is 17.7 Å². The highest BCUT2D eigenvalue weighted by Crippen LogP contribution is 2.42. The van der Waals surface area contributed by atoms with E-state index in [4.69, 9.17) is 42.6 Å². The second-order valence-electron chi connectivity index (χ2n) is 11.7. The number of rotatable bonds is 12. The lowest BCUT2D eigenvalue weighted by molar-refractivity contribution is -0.129. The lowest BCUT2D eigenvalue weighted by Crippen LogP contribution is -2.63. The van der Waals surface area contributed by atoms with Crippen LogP contribution < -0.4 is 20.1 Å². The zero-order chi connectivity index (χ0) is 33.1. The molecule has 4 heterocycles. The Balaban J connectivity index is 1.23. The van der Waals surface area contributed by atoms with Gasteiger partial charge in [-0.05, 0) is 6.42 Å². The number of carbonyl (C=O) groups is 1. The molecule has 2 aliphatic rings. The van der Waals surface area contributed by atoms with Crippen molar-refractivity contribution in [1.82, 2.24) is 35.5 Å². The first-order valence-corrected chi connectivity index (χ1v) is 15.9. The van der Waals surface area contributed by atoms with Gasteiger partial charge in [0, 0.05) is 67.4 Å². The highest BCUT2D eigenvalue weighted by Gasteiger charge is 2.41. The predicted molar refractivity (Wildman–Crippen MR) is 177 cm³/mol. The molecule has 14 heteroatoms. The number of aliphatic hydroxyl groups is 2. The lowest BCUT2D eigenvalue weighted by Gasteiger charge is -2.45. The van der Waals surface area contributed by atoms with Gasteiger partial charge in [0.15, 0.2) is 0 Å². The maximum Gasteiger partial charge on any atom is 0.237 e. The molecule has 2 aromatic carbocycles. The topological polar surface area (TPSA) is 155 Å². The van der Waals surface area contributed by atoms with E-state index < -0.39 is 5.60 Å². The van der Waals surface area contributed by atoms with Crippen molar-refractivity contribution < 1.29 is 24.5 Å². The highest BCUT2D eigenvalue weighted by atomic mass is 35.5. The minimum absolute atomic E-state index is 0.0764. The number of benzene rings is 2. The van der Waals surface area contributed by atoms with Gasteiger partial charge in [-0.2, -0.15) is 0 Å². The molecular weight excluding hydrogens is 645 g/mol. The Morgan fingerprint density at radius 2 is 1.49 bits per heavy atom. The molecular formula is C33H35Cl2N7O5. The number of halogens is 2.